The van der Waals surface area contributed by atoms with E-state index in [0.29, 0.717) is 0 Å². The van der Waals surface area contributed by atoms with Crippen molar-refractivity contribution in [1.82, 2.24) is 0 Å². The zero-order valence-corrected chi connectivity index (χ0v) is 41.9. The Bertz CT molecular complexity index is 912. The number of hydrogen-bond donors (Lipinski definition) is 4. The number of carboxylic acid groups (broad SMARTS) is 4. The summed E-state index contributed by atoms with van der Waals surface area (Å²) >= 11 is 0. The second-order valence-electron chi connectivity index (χ2n) is 5.07. The van der Waals surface area contributed by atoms with E-state index in [1.807, 2.05) is 0 Å². The summed E-state index contributed by atoms with van der Waals surface area (Å²) in [5.41, 5.74) is -2.62. The fraction of sp³-hybridized carbons (Fsp3) is 0. The first kappa shape index (κ1) is 38.7. The van der Waals surface area contributed by atoms with E-state index < -0.39 is 51.9 Å². The largest absolute Gasteiger partial charge is 0.478 e. The Balaban J connectivity index is -0.00000182. The van der Waals surface area contributed by atoms with Crippen LogP contribution in [0.2, 0.25) is 0 Å². The van der Waals surface area contributed by atoms with Crippen molar-refractivity contribution in [3.63, 3.8) is 0 Å². The predicted molar refractivity (Wildman–Crippen MR) is 107 cm³/mol. The number of carboxylic acids is 4. The molecule has 0 unspecified atom stereocenters. The van der Waals surface area contributed by atoms with Gasteiger partial charge in [-0.1, -0.05) is 12.1 Å². The first-order valence-corrected chi connectivity index (χ1v) is 6.89. The summed E-state index contributed by atoms with van der Waals surface area (Å²) in [5, 5.41) is 36.1. The van der Waals surface area contributed by atoms with Gasteiger partial charge in [0, 0.05) is 287 Å². The molecule has 4 radical (unpaired) electrons. The van der Waals surface area contributed by atoms with E-state index in [4.69, 9.17) is 20.4 Å². The van der Waals surface area contributed by atoms with Crippen molar-refractivity contribution in [3.05, 3.63) is 69.8 Å². The van der Waals surface area contributed by atoms with E-state index in [9.17, 15) is 24.0 Å². The zero-order chi connectivity index (χ0) is 19.6. The van der Waals surface area contributed by atoms with Crippen LogP contribution in [-0.4, -0.2) is 326 Å². The number of benzene rings is 2. The zero-order valence-electron chi connectivity index (χ0n) is 16.8. The minimum atomic E-state index is -1.55. The summed E-state index contributed by atoms with van der Waals surface area (Å²) < 4.78 is 0. The molecule has 0 aromatic heterocycles. The van der Waals surface area contributed by atoms with Crippen molar-refractivity contribution in [3.8, 4) is 0 Å². The summed E-state index contributed by atoms with van der Waals surface area (Å²) in [6.45, 7) is 0. The SMILES string of the molecule is O=C(c1ccc(C(=O)O)c(C(=O)O)c1)c1ccc(C(=O)O)c(C(=O)O)c1.[Cs].[Cs].[Cs].[Cs]. The molecule has 0 saturated heterocycles. The monoisotopic (exact) mass is 890 g/mol. The molecule has 0 saturated carbocycles. The van der Waals surface area contributed by atoms with Gasteiger partial charge in [0.25, 0.3) is 0 Å². The molecule has 0 aliphatic rings. The van der Waals surface area contributed by atoms with Crippen molar-refractivity contribution >= 4 is 305 Å². The van der Waals surface area contributed by atoms with Gasteiger partial charge >= 0.3 is 23.9 Å². The minimum Gasteiger partial charge on any atom is -0.478 e. The van der Waals surface area contributed by atoms with Gasteiger partial charge in [-0.05, 0) is 24.3 Å². The van der Waals surface area contributed by atoms with Gasteiger partial charge < -0.3 is 20.4 Å². The topological polar surface area (TPSA) is 166 Å². The molecule has 0 amide bonds. The van der Waals surface area contributed by atoms with Gasteiger partial charge in [-0.25, -0.2) is 19.2 Å². The molecule has 0 fully saturated rings. The normalized spacial score (nSPS) is 8.80. The van der Waals surface area contributed by atoms with E-state index in [-0.39, 0.29) is 287 Å². The quantitative estimate of drug-likeness (QED) is 0.297. The first-order chi connectivity index (χ1) is 12.1. The molecule has 9 nitrogen and oxygen atoms in total. The molecule has 30 heavy (non-hydrogen) atoms. The smallest absolute Gasteiger partial charge is 0.336 e. The van der Waals surface area contributed by atoms with Crippen molar-refractivity contribution in [2.45, 2.75) is 0 Å². The Morgan fingerprint density at radius 2 is 0.733 bits per heavy atom. The number of ketones is 1. The summed E-state index contributed by atoms with van der Waals surface area (Å²) in [5.74, 6) is -6.86. The van der Waals surface area contributed by atoms with Crippen LogP contribution in [0.15, 0.2) is 36.4 Å². The first-order valence-electron chi connectivity index (χ1n) is 6.89. The third-order valence-electron chi connectivity index (χ3n) is 3.49. The Morgan fingerprint density at radius 3 is 0.967 bits per heavy atom. The molecular weight excluding hydrogens is 880 g/mol. The van der Waals surface area contributed by atoms with Crippen LogP contribution in [0.4, 0.5) is 0 Å². The van der Waals surface area contributed by atoms with Crippen LogP contribution >= 0.6 is 0 Å². The molecule has 0 spiro atoms. The molecule has 2 rings (SSSR count). The fourth-order valence-corrected chi connectivity index (χ4v) is 2.26. The van der Waals surface area contributed by atoms with E-state index in [2.05, 4.69) is 0 Å². The summed E-state index contributed by atoms with van der Waals surface area (Å²) in [6, 6.07) is 5.79. The maximum Gasteiger partial charge on any atom is 0.336 e. The van der Waals surface area contributed by atoms with Crippen molar-refractivity contribution < 1.29 is 44.4 Å². The maximum atomic E-state index is 12.5. The number of rotatable bonds is 6. The molecule has 0 aliphatic heterocycles. The number of aromatic carboxylic acids is 4. The van der Waals surface area contributed by atoms with Gasteiger partial charge in [-0.2, -0.15) is 0 Å². The van der Waals surface area contributed by atoms with Gasteiger partial charge in [0.15, 0.2) is 5.78 Å². The average molecular weight is 890 g/mol. The third-order valence-corrected chi connectivity index (χ3v) is 3.49. The fourth-order valence-electron chi connectivity index (χ4n) is 2.26. The number of carbonyl (C=O) groups excluding carboxylic acids is 1. The summed E-state index contributed by atoms with van der Waals surface area (Å²) in [6.07, 6.45) is 0. The van der Waals surface area contributed by atoms with E-state index in [1.165, 1.54) is 0 Å². The van der Waals surface area contributed by atoms with Gasteiger partial charge in [-0.3, -0.25) is 4.79 Å². The summed E-state index contributed by atoms with van der Waals surface area (Å²) in [7, 11) is 0. The molecule has 0 atom stereocenters. The Hall–Kier alpha value is 4.20. The summed E-state index contributed by atoms with van der Waals surface area (Å²) in [4.78, 5) is 56.9. The predicted octanol–water partition coefficient (Wildman–Crippen LogP) is 0.187. The molecule has 4 N–H and O–H groups in total. The standard InChI is InChI=1S/C17H10O9.4Cs/c18-13(7-1-3-9(14(19)20)11(5-7)16(23)24)8-2-4-10(15(21)22)12(6-8)17(25)26;;;;/h1-6H,(H,19,20)(H,21,22)(H,23,24)(H,25,26);;;;. The van der Waals surface area contributed by atoms with Crippen LogP contribution < -0.4 is 0 Å². The van der Waals surface area contributed by atoms with Crippen LogP contribution in [0, 0.1) is 0 Å². The molecule has 0 aliphatic carbocycles. The van der Waals surface area contributed by atoms with E-state index in [1.54, 1.807) is 0 Å². The molecular formula is C17H10Cs4O9. The van der Waals surface area contributed by atoms with Crippen molar-refractivity contribution in [2.24, 2.45) is 0 Å². The number of hydrogen-bond acceptors (Lipinski definition) is 5. The molecule has 13 heteroatoms. The van der Waals surface area contributed by atoms with Crippen LogP contribution in [-0.2, 0) is 0 Å². The Morgan fingerprint density at radius 1 is 0.467 bits per heavy atom. The second-order valence-corrected chi connectivity index (χ2v) is 5.07. The third kappa shape index (κ3) is 10.7. The van der Waals surface area contributed by atoms with Gasteiger partial charge in [0.05, 0.1) is 22.3 Å². The van der Waals surface area contributed by atoms with Crippen LogP contribution in [0.3, 0.4) is 0 Å². The number of carbonyl (C=O) groups is 5. The minimum absolute atomic E-state index is 0. The van der Waals surface area contributed by atoms with Gasteiger partial charge in [-0.15, -0.1) is 0 Å². The van der Waals surface area contributed by atoms with E-state index in [0.717, 1.165) is 36.4 Å². The van der Waals surface area contributed by atoms with Crippen LogP contribution in [0.5, 0.6) is 0 Å². The molecule has 2 aromatic rings. The van der Waals surface area contributed by atoms with Crippen LogP contribution in [0.1, 0.15) is 57.4 Å². The molecule has 0 heterocycles. The van der Waals surface area contributed by atoms with Crippen LogP contribution in [0.25, 0.3) is 0 Å². The average Bonchev–Trinajstić information content (AvgIpc) is 2.59. The second kappa shape index (κ2) is 18.4. The van der Waals surface area contributed by atoms with E-state index >= 15 is 0 Å². The van der Waals surface area contributed by atoms with Crippen molar-refractivity contribution in [1.29, 1.82) is 0 Å². The van der Waals surface area contributed by atoms with Gasteiger partial charge in [0.2, 0.25) is 0 Å². The molecule has 0 bridgehead atoms. The Labute approximate surface area is 406 Å². The Kier molecular flexibility index (Phi) is 23.8. The maximum absolute atomic E-state index is 12.5. The molecule has 136 valence electrons. The molecule has 2 aromatic carbocycles. The van der Waals surface area contributed by atoms with Gasteiger partial charge in [0.1, 0.15) is 0 Å². The van der Waals surface area contributed by atoms with Crippen molar-refractivity contribution in [2.75, 3.05) is 0 Å².